The number of nitrogens with zero attached hydrogens (tertiary/aromatic N) is 6. The molecular weight excluding hydrogens is 452 g/mol. The van der Waals surface area contributed by atoms with Crippen molar-refractivity contribution < 1.29 is 18.9 Å². The van der Waals surface area contributed by atoms with Crippen molar-refractivity contribution in [1.82, 2.24) is 30.7 Å². The Morgan fingerprint density at radius 1 is 1.09 bits per heavy atom. The van der Waals surface area contributed by atoms with Gasteiger partial charge in [0.2, 0.25) is 11.6 Å². The number of hydrogen-bond acceptors (Lipinski definition) is 10. The van der Waals surface area contributed by atoms with Gasteiger partial charge in [0.1, 0.15) is 17.2 Å². The molecular formula is C23H24N8O4. The summed E-state index contributed by atoms with van der Waals surface area (Å²) in [6.07, 6.45) is 0. The molecule has 0 aliphatic rings. The van der Waals surface area contributed by atoms with E-state index in [0.29, 0.717) is 35.9 Å². The second-order valence-corrected chi connectivity index (χ2v) is 7.23. The molecule has 3 N–H and O–H groups in total. The van der Waals surface area contributed by atoms with Crippen LogP contribution < -0.4 is 20.6 Å². The number of nitrogens with two attached hydrogens (primary N) is 1. The molecule has 0 bridgehead atoms. The van der Waals surface area contributed by atoms with Crippen molar-refractivity contribution in [2.75, 3.05) is 18.9 Å². The zero-order valence-electron chi connectivity index (χ0n) is 19.4. The van der Waals surface area contributed by atoms with Gasteiger partial charge in [0, 0.05) is 5.56 Å². The minimum atomic E-state index is -0.576. The molecule has 0 aliphatic heterocycles. The number of amides is 1. The van der Waals surface area contributed by atoms with Crippen LogP contribution in [0.2, 0.25) is 0 Å². The lowest BCUT2D eigenvalue weighted by Gasteiger charge is -2.09. The van der Waals surface area contributed by atoms with Crippen LogP contribution >= 0.6 is 0 Å². The van der Waals surface area contributed by atoms with E-state index in [1.165, 1.54) is 4.68 Å². The fourth-order valence-corrected chi connectivity index (χ4v) is 3.29. The van der Waals surface area contributed by atoms with Gasteiger partial charge in [0.05, 0.1) is 18.9 Å². The molecule has 180 valence electrons. The van der Waals surface area contributed by atoms with Crippen LogP contribution in [0.3, 0.4) is 0 Å². The molecule has 0 saturated heterocycles. The summed E-state index contributed by atoms with van der Waals surface area (Å²) < 4.78 is 17.0. The minimum Gasteiger partial charge on any atom is -0.494 e. The highest BCUT2D eigenvalue weighted by Crippen LogP contribution is 2.29. The Hall–Kier alpha value is -4.74. The number of hydrogen-bond donors (Lipinski definition) is 2. The highest BCUT2D eigenvalue weighted by Gasteiger charge is 2.25. The Balaban J connectivity index is 1.67. The number of carbonyl (C=O) groups excluding carboxylic acids is 1. The molecule has 0 atom stereocenters. The van der Waals surface area contributed by atoms with Crippen molar-refractivity contribution in [1.29, 1.82) is 0 Å². The van der Waals surface area contributed by atoms with Gasteiger partial charge in [0.15, 0.2) is 5.69 Å². The highest BCUT2D eigenvalue weighted by atomic mass is 16.6. The lowest BCUT2D eigenvalue weighted by molar-refractivity contribution is 0.0950. The first-order valence-electron chi connectivity index (χ1n) is 10.9. The molecule has 4 rings (SSSR count). The smallest absolute Gasteiger partial charge is 0.294 e. The summed E-state index contributed by atoms with van der Waals surface area (Å²) in [5.74, 6) is 0.884. The second kappa shape index (κ2) is 10.5. The molecule has 4 aromatic rings. The molecule has 0 aliphatic carbocycles. The first kappa shape index (κ1) is 23.4. The molecule has 2 heterocycles. The first-order chi connectivity index (χ1) is 17.0. The molecule has 2 aromatic heterocycles. The fourth-order valence-electron chi connectivity index (χ4n) is 3.29. The van der Waals surface area contributed by atoms with E-state index in [-0.39, 0.29) is 17.3 Å². The van der Waals surface area contributed by atoms with Gasteiger partial charge in [-0.3, -0.25) is 4.79 Å². The lowest BCUT2D eigenvalue weighted by Crippen LogP contribution is -2.21. The third-order valence-electron chi connectivity index (χ3n) is 4.91. The number of hydrazone groups is 1. The van der Waals surface area contributed by atoms with Crippen LogP contribution in [0, 0.1) is 0 Å². The normalized spacial score (nSPS) is 11.3. The van der Waals surface area contributed by atoms with E-state index in [1.54, 1.807) is 31.2 Å². The van der Waals surface area contributed by atoms with E-state index in [0.717, 1.165) is 11.3 Å². The summed E-state index contributed by atoms with van der Waals surface area (Å²) in [7, 11) is 0. The lowest BCUT2D eigenvalue weighted by atomic mass is 10.1. The van der Waals surface area contributed by atoms with E-state index < -0.39 is 5.91 Å². The zero-order chi connectivity index (χ0) is 24.8. The average molecular weight is 476 g/mol. The van der Waals surface area contributed by atoms with E-state index in [4.69, 9.17) is 19.8 Å². The van der Waals surface area contributed by atoms with Crippen LogP contribution in [0.1, 0.15) is 36.8 Å². The second-order valence-electron chi connectivity index (χ2n) is 7.23. The largest absolute Gasteiger partial charge is 0.494 e. The van der Waals surface area contributed by atoms with Gasteiger partial charge in [0.25, 0.3) is 5.91 Å². The molecule has 0 radical (unpaired) electrons. The van der Waals surface area contributed by atoms with Gasteiger partial charge in [-0.05, 0) is 73.0 Å². The predicted molar refractivity (Wildman–Crippen MR) is 128 cm³/mol. The third-order valence-corrected chi connectivity index (χ3v) is 4.91. The third kappa shape index (κ3) is 5.11. The fraction of sp³-hybridized carbons (Fsp3) is 0.217. The Morgan fingerprint density at radius 3 is 2.51 bits per heavy atom. The number of nitrogens with one attached hydrogen (secondary N) is 1. The predicted octanol–water partition coefficient (Wildman–Crippen LogP) is 2.85. The van der Waals surface area contributed by atoms with Crippen LogP contribution in [0.15, 0.2) is 58.3 Å². The van der Waals surface area contributed by atoms with Crippen LogP contribution in [-0.2, 0) is 0 Å². The molecule has 12 heteroatoms. The topological polar surface area (TPSA) is 156 Å². The number of nitrogen functional groups attached to an aromatic ring is 1. The molecule has 12 nitrogen and oxygen atoms in total. The molecule has 0 saturated carbocycles. The summed E-state index contributed by atoms with van der Waals surface area (Å²) in [5, 5.41) is 19.7. The van der Waals surface area contributed by atoms with Gasteiger partial charge in [-0.25, -0.2) is 10.1 Å². The molecule has 0 spiro atoms. The van der Waals surface area contributed by atoms with Crippen molar-refractivity contribution in [3.8, 4) is 28.6 Å². The van der Waals surface area contributed by atoms with Crippen LogP contribution in [0.4, 0.5) is 5.82 Å². The van der Waals surface area contributed by atoms with Gasteiger partial charge < -0.3 is 15.2 Å². The monoisotopic (exact) mass is 476 g/mol. The van der Waals surface area contributed by atoms with Crippen LogP contribution in [-0.4, -0.2) is 50.1 Å². The van der Waals surface area contributed by atoms with Crippen molar-refractivity contribution in [3.63, 3.8) is 0 Å². The van der Waals surface area contributed by atoms with E-state index in [9.17, 15) is 4.79 Å². The Labute approximate surface area is 200 Å². The van der Waals surface area contributed by atoms with E-state index in [1.807, 2.05) is 38.1 Å². The SMILES string of the molecule is CCOc1ccc(C(C)=NNC(=O)c2nnn(-c3nonc3N)c2-c2cccc(OCC)c2)cc1. The summed E-state index contributed by atoms with van der Waals surface area (Å²) >= 11 is 0. The highest BCUT2D eigenvalue weighted by molar-refractivity contribution is 6.02. The summed E-state index contributed by atoms with van der Waals surface area (Å²) in [6, 6.07) is 14.5. The quantitative estimate of drug-likeness (QED) is 0.274. The maximum absolute atomic E-state index is 13.1. The van der Waals surface area contributed by atoms with Crippen molar-refractivity contribution >= 4 is 17.4 Å². The molecule has 1 amide bonds. The van der Waals surface area contributed by atoms with Gasteiger partial charge >= 0.3 is 0 Å². The van der Waals surface area contributed by atoms with Crippen LogP contribution in [0.5, 0.6) is 11.5 Å². The van der Waals surface area contributed by atoms with Crippen LogP contribution in [0.25, 0.3) is 17.1 Å². The number of aromatic nitrogens is 5. The minimum absolute atomic E-state index is 0.00397. The number of carbonyl (C=O) groups is 1. The number of benzene rings is 2. The summed E-state index contributed by atoms with van der Waals surface area (Å²) in [4.78, 5) is 13.1. The average Bonchev–Trinajstić information content (AvgIpc) is 3.49. The number of anilines is 1. The Bertz CT molecular complexity index is 1340. The molecule has 0 unspecified atom stereocenters. The van der Waals surface area contributed by atoms with Gasteiger partial charge in [-0.1, -0.05) is 17.3 Å². The molecule has 0 fully saturated rings. The molecule has 35 heavy (non-hydrogen) atoms. The maximum atomic E-state index is 13.1. The Kier molecular flexibility index (Phi) is 7.00. The first-order valence-corrected chi connectivity index (χ1v) is 10.9. The zero-order valence-corrected chi connectivity index (χ0v) is 19.4. The summed E-state index contributed by atoms with van der Waals surface area (Å²) in [5.41, 5.74) is 10.7. The van der Waals surface area contributed by atoms with Crippen molar-refractivity contribution in [2.45, 2.75) is 20.8 Å². The van der Waals surface area contributed by atoms with E-state index in [2.05, 4.69) is 31.2 Å². The Morgan fingerprint density at radius 2 is 1.83 bits per heavy atom. The standard InChI is InChI=1S/C23H24N8O4/c1-4-33-17-11-9-15(10-12-17)14(3)25-27-23(32)19-20(16-7-6-8-18(13-16)34-5-2)31(30-26-19)22-21(24)28-35-29-22/h6-13H,4-5H2,1-3H3,(H2,24,28)(H,27,32). The van der Waals surface area contributed by atoms with Crippen molar-refractivity contribution in [2.24, 2.45) is 5.10 Å². The van der Waals surface area contributed by atoms with Gasteiger partial charge in [-0.15, -0.1) is 5.10 Å². The maximum Gasteiger partial charge on any atom is 0.294 e. The number of rotatable bonds is 9. The summed E-state index contributed by atoms with van der Waals surface area (Å²) in [6.45, 7) is 6.63. The molecule has 2 aromatic carbocycles. The van der Waals surface area contributed by atoms with Gasteiger partial charge in [-0.2, -0.15) is 9.78 Å². The van der Waals surface area contributed by atoms with Crippen molar-refractivity contribution in [3.05, 3.63) is 59.8 Å². The van der Waals surface area contributed by atoms with E-state index >= 15 is 0 Å². The number of ether oxygens (including phenoxy) is 2.